The zero-order valence-electron chi connectivity index (χ0n) is 9.76. The molecule has 0 atom stereocenters. The Morgan fingerprint density at radius 3 is 2.73 bits per heavy atom. The highest BCUT2D eigenvalue weighted by Gasteiger charge is 1.99. The summed E-state index contributed by atoms with van der Waals surface area (Å²) in [6.45, 7) is 9.66. The van der Waals surface area contributed by atoms with Crippen molar-refractivity contribution in [1.82, 2.24) is 5.32 Å². The number of ether oxygens (including phenoxy) is 1. The second kappa shape index (κ2) is 5.56. The number of rotatable bonds is 5. The van der Waals surface area contributed by atoms with Crippen molar-refractivity contribution in [3.63, 3.8) is 0 Å². The van der Waals surface area contributed by atoms with E-state index in [0.29, 0.717) is 0 Å². The summed E-state index contributed by atoms with van der Waals surface area (Å²) in [5.41, 5.74) is 3.60. The van der Waals surface area contributed by atoms with E-state index >= 15 is 0 Å². The minimum atomic E-state index is 0.866. The highest BCUT2D eigenvalue weighted by molar-refractivity contribution is 5.36. The molecule has 0 fully saturated rings. The Balaban J connectivity index is 2.55. The van der Waals surface area contributed by atoms with Crippen molar-refractivity contribution in [1.29, 1.82) is 0 Å². The molecule has 0 aromatic heterocycles. The molecule has 2 heteroatoms. The average Bonchev–Trinajstić information content (AvgIpc) is 2.17. The Hall–Kier alpha value is -1.28. The van der Waals surface area contributed by atoms with Gasteiger partial charge in [-0.3, -0.25) is 0 Å². The molecular weight excluding hydrogens is 186 g/mol. The molecule has 1 aromatic carbocycles. The van der Waals surface area contributed by atoms with Gasteiger partial charge < -0.3 is 10.1 Å². The van der Waals surface area contributed by atoms with E-state index in [-0.39, 0.29) is 0 Å². The van der Waals surface area contributed by atoms with Gasteiger partial charge in [-0.15, -0.1) is 0 Å². The van der Waals surface area contributed by atoms with Gasteiger partial charge in [0.15, 0.2) is 0 Å². The van der Waals surface area contributed by atoms with E-state index in [9.17, 15) is 0 Å². The number of aryl methyl sites for hydroxylation is 1. The van der Waals surface area contributed by atoms with Gasteiger partial charge in [0.1, 0.15) is 5.75 Å². The molecule has 0 aliphatic rings. The summed E-state index contributed by atoms with van der Waals surface area (Å²) in [7, 11) is 1.70. The maximum atomic E-state index is 5.21. The summed E-state index contributed by atoms with van der Waals surface area (Å²) in [6, 6.07) is 6.23. The largest absolute Gasteiger partial charge is 0.496 e. The van der Waals surface area contributed by atoms with Crippen LogP contribution < -0.4 is 10.1 Å². The Morgan fingerprint density at radius 2 is 2.20 bits per heavy atom. The first kappa shape index (κ1) is 11.8. The quantitative estimate of drug-likeness (QED) is 0.746. The second-order valence-electron chi connectivity index (χ2n) is 3.86. The van der Waals surface area contributed by atoms with Crippen LogP contribution in [0, 0.1) is 6.92 Å². The van der Waals surface area contributed by atoms with E-state index in [2.05, 4.69) is 31.0 Å². The third-order valence-corrected chi connectivity index (χ3v) is 2.22. The molecule has 2 nitrogen and oxygen atoms in total. The minimum absolute atomic E-state index is 0.866. The van der Waals surface area contributed by atoms with Gasteiger partial charge in [0, 0.05) is 13.1 Å². The van der Waals surface area contributed by atoms with Gasteiger partial charge in [0.05, 0.1) is 7.11 Å². The smallest absolute Gasteiger partial charge is 0.121 e. The monoisotopic (exact) mass is 205 g/mol. The molecule has 82 valence electrons. The van der Waals surface area contributed by atoms with Crippen LogP contribution in [0.15, 0.2) is 30.4 Å². The topological polar surface area (TPSA) is 21.3 Å². The van der Waals surface area contributed by atoms with Crippen LogP contribution in [0.5, 0.6) is 5.75 Å². The lowest BCUT2D eigenvalue weighted by molar-refractivity contribution is 0.411. The van der Waals surface area contributed by atoms with Gasteiger partial charge in [0.2, 0.25) is 0 Å². The zero-order valence-corrected chi connectivity index (χ0v) is 9.76. The first-order chi connectivity index (χ1) is 7.13. The van der Waals surface area contributed by atoms with Gasteiger partial charge in [0.25, 0.3) is 0 Å². The standard InChI is InChI=1S/C13H19NO/c1-10(2)8-14-9-12-5-6-13(15-4)11(3)7-12/h5-7,14H,1,8-9H2,2-4H3. The highest BCUT2D eigenvalue weighted by Crippen LogP contribution is 2.18. The molecule has 0 saturated heterocycles. The lowest BCUT2D eigenvalue weighted by Crippen LogP contribution is -2.15. The molecule has 15 heavy (non-hydrogen) atoms. The van der Waals surface area contributed by atoms with Crippen molar-refractivity contribution < 1.29 is 4.74 Å². The number of hydrogen-bond donors (Lipinski definition) is 1. The van der Waals surface area contributed by atoms with Crippen LogP contribution >= 0.6 is 0 Å². The molecule has 0 saturated carbocycles. The van der Waals surface area contributed by atoms with Gasteiger partial charge >= 0.3 is 0 Å². The average molecular weight is 205 g/mol. The van der Waals surface area contributed by atoms with E-state index in [1.54, 1.807) is 7.11 Å². The molecule has 0 spiro atoms. The maximum Gasteiger partial charge on any atom is 0.121 e. The van der Waals surface area contributed by atoms with Crippen molar-refractivity contribution in [2.24, 2.45) is 0 Å². The fourth-order valence-corrected chi connectivity index (χ4v) is 1.47. The van der Waals surface area contributed by atoms with Crippen LogP contribution in [0.25, 0.3) is 0 Å². The van der Waals surface area contributed by atoms with Crippen LogP contribution in [0.3, 0.4) is 0 Å². The summed E-state index contributed by atoms with van der Waals surface area (Å²) < 4.78 is 5.21. The van der Waals surface area contributed by atoms with Crippen molar-refractivity contribution in [3.05, 3.63) is 41.5 Å². The number of methoxy groups -OCH3 is 1. The number of benzene rings is 1. The Bertz CT molecular complexity index is 344. The van der Waals surface area contributed by atoms with Crippen LogP contribution in [0.4, 0.5) is 0 Å². The van der Waals surface area contributed by atoms with Gasteiger partial charge in [-0.25, -0.2) is 0 Å². The minimum Gasteiger partial charge on any atom is -0.496 e. The van der Waals surface area contributed by atoms with Gasteiger partial charge in [-0.05, 0) is 31.0 Å². The van der Waals surface area contributed by atoms with E-state index in [0.717, 1.165) is 24.4 Å². The summed E-state index contributed by atoms with van der Waals surface area (Å²) in [4.78, 5) is 0. The number of nitrogens with one attached hydrogen (secondary N) is 1. The maximum absolute atomic E-state index is 5.21. The fourth-order valence-electron chi connectivity index (χ4n) is 1.47. The van der Waals surface area contributed by atoms with Crippen LogP contribution in [0.1, 0.15) is 18.1 Å². The summed E-state index contributed by atoms with van der Waals surface area (Å²) >= 11 is 0. The first-order valence-corrected chi connectivity index (χ1v) is 5.12. The van der Waals surface area contributed by atoms with E-state index in [4.69, 9.17) is 4.74 Å². The van der Waals surface area contributed by atoms with Crippen LogP contribution in [-0.2, 0) is 6.54 Å². The van der Waals surface area contributed by atoms with Crippen LogP contribution in [0.2, 0.25) is 0 Å². The summed E-state index contributed by atoms with van der Waals surface area (Å²) in [6.07, 6.45) is 0. The van der Waals surface area contributed by atoms with Gasteiger partial charge in [-0.1, -0.05) is 24.3 Å². The molecule has 0 aliphatic heterocycles. The summed E-state index contributed by atoms with van der Waals surface area (Å²) in [5.74, 6) is 0.943. The molecular formula is C13H19NO. The number of hydrogen-bond acceptors (Lipinski definition) is 2. The normalized spacial score (nSPS) is 10.1. The molecule has 1 rings (SSSR count). The molecule has 0 heterocycles. The molecule has 1 aromatic rings. The molecule has 1 N–H and O–H groups in total. The van der Waals surface area contributed by atoms with Crippen LogP contribution in [-0.4, -0.2) is 13.7 Å². The van der Waals surface area contributed by atoms with Crippen molar-refractivity contribution >= 4 is 0 Å². The van der Waals surface area contributed by atoms with Gasteiger partial charge in [-0.2, -0.15) is 0 Å². The van der Waals surface area contributed by atoms with Crippen molar-refractivity contribution in [3.8, 4) is 5.75 Å². The molecule has 0 unspecified atom stereocenters. The SMILES string of the molecule is C=C(C)CNCc1ccc(OC)c(C)c1. The lowest BCUT2D eigenvalue weighted by atomic mass is 10.1. The second-order valence-corrected chi connectivity index (χ2v) is 3.86. The molecule has 0 amide bonds. The Labute approximate surface area is 92.0 Å². The predicted molar refractivity (Wildman–Crippen MR) is 64.3 cm³/mol. The van der Waals surface area contributed by atoms with E-state index < -0.39 is 0 Å². The first-order valence-electron chi connectivity index (χ1n) is 5.12. The highest BCUT2D eigenvalue weighted by atomic mass is 16.5. The lowest BCUT2D eigenvalue weighted by Gasteiger charge is -2.08. The van der Waals surface area contributed by atoms with Crippen molar-refractivity contribution in [2.45, 2.75) is 20.4 Å². The Kier molecular flexibility index (Phi) is 4.37. The Morgan fingerprint density at radius 1 is 1.47 bits per heavy atom. The van der Waals surface area contributed by atoms with Crippen molar-refractivity contribution in [2.75, 3.05) is 13.7 Å². The predicted octanol–water partition coefficient (Wildman–Crippen LogP) is 2.67. The molecule has 0 radical (unpaired) electrons. The third kappa shape index (κ3) is 3.76. The molecule has 0 bridgehead atoms. The zero-order chi connectivity index (χ0) is 11.3. The molecule has 0 aliphatic carbocycles. The third-order valence-electron chi connectivity index (χ3n) is 2.22. The summed E-state index contributed by atoms with van der Waals surface area (Å²) in [5, 5.41) is 3.33. The van der Waals surface area contributed by atoms with E-state index in [1.807, 2.05) is 13.0 Å². The van der Waals surface area contributed by atoms with E-state index in [1.165, 1.54) is 11.1 Å². The fraction of sp³-hybridized carbons (Fsp3) is 0.385.